The van der Waals surface area contributed by atoms with Gasteiger partial charge in [0.15, 0.2) is 0 Å². The molecule has 0 saturated heterocycles. The Bertz CT molecular complexity index is 426. The van der Waals surface area contributed by atoms with Crippen LogP contribution in [0.5, 0.6) is 0 Å². The molecule has 0 bridgehead atoms. The van der Waals surface area contributed by atoms with Crippen molar-refractivity contribution in [1.29, 1.82) is 0 Å². The van der Waals surface area contributed by atoms with Crippen molar-refractivity contribution >= 4 is 11.4 Å². The van der Waals surface area contributed by atoms with Crippen LogP contribution in [0.15, 0.2) is 24.3 Å². The van der Waals surface area contributed by atoms with Crippen LogP contribution in [0.25, 0.3) is 0 Å². The monoisotopic (exact) mass is 302 g/mol. The molecule has 0 atom stereocenters. The van der Waals surface area contributed by atoms with E-state index in [0.29, 0.717) is 0 Å². The molecule has 1 aromatic rings. The van der Waals surface area contributed by atoms with Crippen LogP contribution in [0.2, 0.25) is 0 Å². The largest absolute Gasteiger partial charge is 0.350 e. The second-order valence-electron chi connectivity index (χ2n) is 6.81. The number of hydrogen-bond acceptors (Lipinski definition) is 2. The highest BCUT2D eigenvalue weighted by Gasteiger charge is 2.43. The molecule has 2 nitrogen and oxygen atoms in total. The first-order valence-corrected chi connectivity index (χ1v) is 9.24. The van der Waals surface area contributed by atoms with Gasteiger partial charge in [-0.25, -0.2) is 0 Å². The lowest BCUT2D eigenvalue weighted by Crippen LogP contribution is -2.53. The highest BCUT2D eigenvalue weighted by Crippen LogP contribution is 2.46. The van der Waals surface area contributed by atoms with Gasteiger partial charge in [0.2, 0.25) is 0 Å². The van der Waals surface area contributed by atoms with Crippen molar-refractivity contribution in [3.8, 4) is 0 Å². The number of anilines is 2. The Hall–Kier alpha value is -1.18. The predicted molar refractivity (Wildman–Crippen MR) is 98.9 cm³/mol. The summed E-state index contributed by atoms with van der Waals surface area (Å²) in [4.78, 5) is 5.03. The van der Waals surface area contributed by atoms with Crippen LogP contribution in [0.4, 0.5) is 11.4 Å². The molecule has 2 heteroatoms. The van der Waals surface area contributed by atoms with Crippen LogP contribution >= 0.6 is 0 Å². The minimum atomic E-state index is 0.174. The molecule has 124 valence electrons. The summed E-state index contributed by atoms with van der Waals surface area (Å²) in [5, 5.41) is 0. The van der Waals surface area contributed by atoms with Crippen molar-refractivity contribution in [1.82, 2.24) is 0 Å². The van der Waals surface area contributed by atoms with E-state index >= 15 is 0 Å². The van der Waals surface area contributed by atoms with Crippen molar-refractivity contribution < 1.29 is 0 Å². The maximum atomic E-state index is 2.51. The highest BCUT2D eigenvalue weighted by molar-refractivity contribution is 5.78. The number of unbranched alkanes of at least 4 members (excludes halogenated alkanes) is 6. The smallest absolute Gasteiger partial charge is 0.112 e. The standard InChI is InChI=1S/C20H34N2/c1-5-7-8-9-10-11-14-17-20(6-2)21(3)18-15-12-13-16-19(18)22(20)4/h12-13,15-16H,5-11,14,17H2,1-4H3. The Morgan fingerprint density at radius 2 is 1.27 bits per heavy atom. The second kappa shape index (κ2) is 7.89. The third kappa shape index (κ3) is 3.26. The Morgan fingerprint density at radius 3 is 1.77 bits per heavy atom. The van der Waals surface area contributed by atoms with Crippen LogP contribution < -0.4 is 9.80 Å². The maximum Gasteiger partial charge on any atom is 0.112 e. The lowest BCUT2D eigenvalue weighted by atomic mass is 9.96. The average molecular weight is 303 g/mol. The fourth-order valence-corrected chi connectivity index (χ4v) is 4.06. The lowest BCUT2D eigenvalue weighted by molar-refractivity contribution is 0.355. The van der Waals surface area contributed by atoms with Crippen LogP contribution in [0.3, 0.4) is 0 Å². The molecule has 1 aromatic carbocycles. The summed E-state index contributed by atoms with van der Waals surface area (Å²) in [5.41, 5.74) is 2.94. The molecule has 0 spiro atoms. The van der Waals surface area contributed by atoms with Crippen molar-refractivity contribution in [2.24, 2.45) is 0 Å². The molecule has 0 saturated carbocycles. The Labute approximate surface area is 137 Å². The summed E-state index contributed by atoms with van der Waals surface area (Å²) in [7, 11) is 4.54. The van der Waals surface area contributed by atoms with E-state index in [4.69, 9.17) is 0 Å². The lowest BCUT2D eigenvalue weighted by Gasteiger charge is -2.43. The molecule has 22 heavy (non-hydrogen) atoms. The summed E-state index contributed by atoms with van der Waals surface area (Å²) in [6.45, 7) is 4.62. The summed E-state index contributed by atoms with van der Waals surface area (Å²) in [6.07, 6.45) is 12.1. The first-order valence-electron chi connectivity index (χ1n) is 9.24. The van der Waals surface area contributed by atoms with E-state index in [1.54, 1.807) is 0 Å². The quantitative estimate of drug-likeness (QED) is 0.530. The van der Waals surface area contributed by atoms with Gasteiger partial charge in [-0.2, -0.15) is 0 Å². The van der Waals surface area contributed by atoms with Crippen LogP contribution in [-0.4, -0.2) is 19.8 Å². The first-order chi connectivity index (χ1) is 10.7. The van der Waals surface area contributed by atoms with Crippen LogP contribution in [0.1, 0.15) is 71.6 Å². The summed E-state index contributed by atoms with van der Waals surface area (Å²) >= 11 is 0. The van der Waals surface area contributed by atoms with Gasteiger partial charge in [-0.15, -0.1) is 0 Å². The zero-order valence-corrected chi connectivity index (χ0v) is 15.1. The zero-order valence-electron chi connectivity index (χ0n) is 15.1. The molecule has 1 aliphatic heterocycles. The van der Waals surface area contributed by atoms with Gasteiger partial charge in [0, 0.05) is 14.1 Å². The van der Waals surface area contributed by atoms with Crippen LogP contribution in [-0.2, 0) is 0 Å². The molecule has 1 heterocycles. The molecule has 0 fully saturated rings. The van der Waals surface area contributed by atoms with Gasteiger partial charge in [-0.05, 0) is 31.4 Å². The summed E-state index contributed by atoms with van der Waals surface area (Å²) in [5.74, 6) is 0. The number of nitrogens with zero attached hydrogens (tertiary/aromatic N) is 2. The highest BCUT2D eigenvalue weighted by atomic mass is 15.4. The summed E-state index contributed by atoms with van der Waals surface area (Å²) < 4.78 is 0. The first kappa shape index (κ1) is 17.2. The van der Waals surface area contributed by atoms with Crippen molar-refractivity contribution in [3.05, 3.63) is 24.3 Å². The molecule has 1 aliphatic rings. The topological polar surface area (TPSA) is 6.48 Å². The fourth-order valence-electron chi connectivity index (χ4n) is 4.06. The van der Waals surface area contributed by atoms with E-state index in [9.17, 15) is 0 Å². The predicted octanol–water partition coefficient (Wildman–Crippen LogP) is 5.82. The fraction of sp³-hybridized carbons (Fsp3) is 0.700. The van der Waals surface area contributed by atoms with E-state index < -0.39 is 0 Å². The van der Waals surface area contributed by atoms with Gasteiger partial charge in [0.1, 0.15) is 5.66 Å². The number of para-hydroxylation sites is 2. The maximum absolute atomic E-state index is 2.51. The minimum absolute atomic E-state index is 0.174. The Morgan fingerprint density at radius 1 is 0.773 bits per heavy atom. The molecular formula is C20H34N2. The van der Waals surface area contributed by atoms with E-state index in [2.05, 4.69) is 62.0 Å². The Balaban J connectivity index is 1.90. The van der Waals surface area contributed by atoms with E-state index in [1.807, 2.05) is 0 Å². The van der Waals surface area contributed by atoms with Gasteiger partial charge in [-0.3, -0.25) is 0 Å². The summed E-state index contributed by atoms with van der Waals surface area (Å²) in [6, 6.07) is 8.83. The zero-order chi connectivity index (χ0) is 16.0. The van der Waals surface area contributed by atoms with Crippen molar-refractivity contribution in [2.45, 2.75) is 77.3 Å². The van der Waals surface area contributed by atoms with Gasteiger partial charge in [0.25, 0.3) is 0 Å². The molecule has 0 unspecified atom stereocenters. The number of rotatable bonds is 9. The van der Waals surface area contributed by atoms with Crippen molar-refractivity contribution in [2.75, 3.05) is 23.9 Å². The third-order valence-electron chi connectivity index (χ3n) is 5.60. The molecule has 0 amide bonds. The molecule has 0 aliphatic carbocycles. The molecule has 2 rings (SSSR count). The molecule has 0 radical (unpaired) electrons. The van der Waals surface area contributed by atoms with Crippen LogP contribution in [0, 0.1) is 0 Å². The molecule has 0 aromatic heterocycles. The SMILES string of the molecule is CCCCCCCCCC1(CC)N(C)c2ccccc2N1C. The van der Waals surface area contributed by atoms with E-state index in [0.717, 1.165) is 0 Å². The van der Waals surface area contributed by atoms with Gasteiger partial charge < -0.3 is 9.80 Å². The van der Waals surface area contributed by atoms with E-state index in [1.165, 1.54) is 69.2 Å². The second-order valence-corrected chi connectivity index (χ2v) is 6.81. The third-order valence-corrected chi connectivity index (χ3v) is 5.60. The average Bonchev–Trinajstić information content (AvgIpc) is 2.76. The van der Waals surface area contributed by atoms with Gasteiger partial charge in [0.05, 0.1) is 11.4 Å². The van der Waals surface area contributed by atoms with Crippen molar-refractivity contribution in [3.63, 3.8) is 0 Å². The van der Waals surface area contributed by atoms with Gasteiger partial charge >= 0.3 is 0 Å². The molecular weight excluding hydrogens is 268 g/mol. The molecule has 0 N–H and O–H groups in total. The Kier molecular flexibility index (Phi) is 6.16. The van der Waals surface area contributed by atoms with E-state index in [-0.39, 0.29) is 5.66 Å². The van der Waals surface area contributed by atoms with Gasteiger partial charge in [-0.1, -0.05) is 64.5 Å². The number of fused-ring (bicyclic) bond motifs is 1. The number of benzene rings is 1. The minimum Gasteiger partial charge on any atom is -0.350 e. The normalized spacial score (nSPS) is 16.2. The number of hydrogen-bond donors (Lipinski definition) is 0.